The molecular weight excluding hydrogens is 298 g/mol. The summed E-state index contributed by atoms with van der Waals surface area (Å²) in [7, 11) is 3.86. The number of rotatable bonds is 6. The van der Waals surface area contributed by atoms with Gasteiger partial charge in [0.2, 0.25) is 5.89 Å². The monoisotopic (exact) mass is 319 g/mol. The van der Waals surface area contributed by atoms with E-state index in [1.54, 1.807) is 6.92 Å². The predicted octanol–water partition coefficient (Wildman–Crippen LogP) is 0.518. The zero-order chi connectivity index (χ0) is 17.0. The van der Waals surface area contributed by atoms with E-state index in [1.165, 1.54) is 16.8 Å². The van der Waals surface area contributed by atoms with E-state index >= 15 is 0 Å². The van der Waals surface area contributed by atoms with Crippen molar-refractivity contribution >= 4 is 5.91 Å². The standard InChI is InChI=1S/C15H21N5O3/c1-5-20-12(21)7-6-11(18-20)15-17-13(10(2)23-15)14(22)16-8-9-19(3)4/h6-7H,5,8-9H2,1-4H3,(H,16,22). The smallest absolute Gasteiger partial charge is 0.273 e. The summed E-state index contributed by atoms with van der Waals surface area (Å²) in [6.45, 7) is 5.20. The van der Waals surface area contributed by atoms with E-state index in [-0.39, 0.29) is 23.1 Å². The number of nitrogens with zero attached hydrogens (tertiary/aromatic N) is 4. The fourth-order valence-corrected chi connectivity index (χ4v) is 1.98. The molecule has 23 heavy (non-hydrogen) atoms. The van der Waals surface area contributed by atoms with Crippen molar-refractivity contribution < 1.29 is 9.21 Å². The van der Waals surface area contributed by atoms with Crippen LogP contribution in [0.1, 0.15) is 23.2 Å². The highest BCUT2D eigenvalue weighted by molar-refractivity contribution is 5.93. The van der Waals surface area contributed by atoms with Crippen LogP contribution in [0, 0.1) is 6.92 Å². The first-order chi connectivity index (χ1) is 10.9. The minimum Gasteiger partial charge on any atom is -0.439 e. The molecule has 2 aromatic rings. The SMILES string of the molecule is CCn1nc(-c2nc(C(=O)NCCN(C)C)c(C)o2)ccc1=O. The minimum atomic E-state index is -0.289. The Morgan fingerprint density at radius 2 is 2.13 bits per heavy atom. The maximum Gasteiger partial charge on any atom is 0.273 e. The molecule has 0 aliphatic carbocycles. The summed E-state index contributed by atoms with van der Waals surface area (Å²) in [5.74, 6) is 0.351. The predicted molar refractivity (Wildman–Crippen MR) is 85.3 cm³/mol. The van der Waals surface area contributed by atoms with Gasteiger partial charge in [0.25, 0.3) is 11.5 Å². The van der Waals surface area contributed by atoms with Crippen molar-refractivity contribution in [1.29, 1.82) is 0 Å². The van der Waals surface area contributed by atoms with Crippen LogP contribution < -0.4 is 10.9 Å². The van der Waals surface area contributed by atoms with E-state index in [0.717, 1.165) is 6.54 Å². The van der Waals surface area contributed by atoms with Crippen LogP contribution in [0.2, 0.25) is 0 Å². The molecule has 8 nitrogen and oxygen atoms in total. The molecule has 0 aromatic carbocycles. The van der Waals surface area contributed by atoms with Gasteiger partial charge in [0, 0.05) is 25.7 Å². The van der Waals surface area contributed by atoms with Gasteiger partial charge in [-0.3, -0.25) is 9.59 Å². The van der Waals surface area contributed by atoms with E-state index in [4.69, 9.17) is 4.42 Å². The second kappa shape index (κ2) is 7.19. The molecular formula is C15H21N5O3. The highest BCUT2D eigenvalue weighted by atomic mass is 16.4. The van der Waals surface area contributed by atoms with Crippen LogP contribution in [0.25, 0.3) is 11.6 Å². The van der Waals surface area contributed by atoms with E-state index in [1.807, 2.05) is 25.9 Å². The summed E-state index contributed by atoms with van der Waals surface area (Å²) < 4.78 is 6.84. The number of likely N-dealkylation sites (N-methyl/N-ethyl adjacent to an activating group) is 1. The lowest BCUT2D eigenvalue weighted by atomic mass is 10.3. The Hall–Kier alpha value is -2.48. The Morgan fingerprint density at radius 3 is 2.78 bits per heavy atom. The molecule has 8 heteroatoms. The highest BCUT2D eigenvalue weighted by Crippen LogP contribution is 2.18. The van der Waals surface area contributed by atoms with Gasteiger partial charge >= 0.3 is 0 Å². The molecule has 0 unspecified atom stereocenters. The van der Waals surface area contributed by atoms with Crippen LogP contribution in [0.4, 0.5) is 0 Å². The second-order valence-electron chi connectivity index (χ2n) is 5.36. The van der Waals surface area contributed by atoms with Gasteiger partial charge in [-0.2, -0.15) is 5.10 Å². The minimum absolute atomic E-state index is 0.193. The molecule has 0 bridgehead atoms. The van der Waals surface area contributed by atoms with Gasteiger partial charge < -0.3 is 14.6 Å². The molecule has 1 N–H and O–H groups in total. The maximum atomic E-state index is 12.1. The summed E-state index contributed by atoms with van der Waals surface area (Å²) in [6.07, 6.45) is 0. The molecule has 2 aromatic heterocycles. The summed E-state index contributed by atoms with van der Waals surface area (Å²) in [6, 6.07) is 2.94. The number of aromatic nitrogens is 3. The molecule has 0 aliphatic heterocycles. The van der Waals surface area contributed by atoms with Crippen LogP contribution in [0.15, 0.2) is 21.3 Å². The van der Waals surface area contributed by atoms with Crippen molar-refractivity contribution in [3.05, 3.63) is 33.9 Å². The van der Waals surface area contributed by atoms with Crippen LogP contribution in [-0.2, 0) is 6.54 Å². The highest BCUT2D eigenvalue weighted by Gasteiger charge is 2.19. The number of oxazole rings is 1. The van der Waals surface area contributed by atoms with Gasteiger partial charge in [0.15, 0.2) is 5.69 Å². The lowest BCUT2D eigenvalue weighted by Gasteiger charge is -2.09. The number of nitrogens with one attached hydrogen (secondary N) is 1. The molecule has 0 atom stereocenters. The average molecular weight is 319 g/mol. The normalized spacial score (nSPS) is 11.0. The topological polar surface area (TPSA) is 93.3 Å². The molecule has 0 radical (unpaired) electrons. The third-order valence-corrected chi connectivity index (χ3v) is 3.24. The third-order valence-electron chi connectivity index (χ3n) is 3.24. The Labute approximate surface area is 134 Å². The van der Waals surface area contributed by atoms with Crippen LogP contribution in [0.5, 0.6) is 0 Å². The molecule has 0 aliphatic rings. The van der Waals surface area contributed by atoms with Gasteiger partial charge in [-0.25, -0.2) is 9.67 Å². The Balaban J connectivity index is 2.20. The van der Waals surface area contributed by atoms with Crippen molar-refractivity contribution in [1.82, 2.24) is 25.0 Å². The fraction of sp³-hybridized carbons (Fsp3) is 0.467. The fourth-order valence-electron chi connectivity index (χ4n) is 1.98. The summed E-state index contributed by atoms with van der Waals surface area (Å²) >= 11 is 0. The number of carbonyl (C=O) groups is 1. The van der Waals surface area contributed by atoms with Crippen molar-refractivity contribution in [2.45, 2.75) is 20.4 Å². The largest absolute Gasteiger partial charge is 0.439 e. The quantitative estimate of drug-likeness (QED) is 0.834. The van der Waals surface area contributed by atoms with Gasteiger partial charge in [-0.1, -0.05) is 0 Å². The van der Waals surface area contributed by atoms with Gasteiger partial charge in [-0.05, 0) is 34.0 Å². The summed E-state index contributed by atoms with van der Waals surface area (Å²) in [5.41, 5.74) is 0.456. The Kier molecular flexibility index (Phi) is 5.28. The van der Waals surface area contributed by atoms with Crippen LogP contribution in [-0.4, -0.2) is 52.8 Å². The van der Waals surface area contributed by atoms with E-state index < -0.39 is 0 Å². The van der Waals surface area contributed by atoms with Crippen molar-refractivity contribution in [2.24, 2.45) is 0 Å². The number of amides is 1. The van der Waals surface area contributed by atoms with Gasteiger partial charge in [0.1, 0.15) is 11.5 Å². The molecule has 0 fully saturated rings. The first-order valence-electron chi connectivity index (χ1n) is 7.41. The Bertz CT molecular complexity index is 748. The second-order valence-corrected chi connectivity index (χ2v) is 5.36. The summed E-state index contributed by atoms with van der Waals surface area (Å²) in [5, 5.41) is 6.96. The van der Waals surface area contributed by atoms with Crippen LogP contribution >= 0.6 is 0 Å². The van der Waals surface area contributed by atoms with Crippen molar-refractivity contribution in [3.63, 3.8) is 0 Å². The number of hydrogen-bond acceptors (Lipinski definition) is 6. The number of aryl methyl sites for hydroxylation is 2. The zero-order valence-electron chi connectivity index (χ0n) is 13.8. The first kappa shape index (κ1) is 16.9. The molecule has 124 valence electrons. The van der Waals surface area contributed by atoms with Gasteiger partial charge in [0.05, 0.1) is 0 Å². The van der Waals surface area contributed by atoms with Gasteiger partial charge in [-0.15, -0.1) is 0 Å². The molecule has 0 saturated carbocycles. The van der Waals surface area contributed by atoms with E-state index in [0.29, 0.717) is 24.5 Å². The van der Waals surface area contributed by atoms with E-state index in [9.17, 15) is 9.59 Å². The number of hydrogen-bond donors (Lipinski definition) is 1. The average Bonchev–Trinajstić information content (AvgIpc) is 2.89. The molecule has 1 amide bonds. The third kappa shape index (κ3) is 4.04. The summed E-state index contributed by atoms with van der Waals surface area (Å²) in [4.78, 5) is 29.9. The first-order valence-corrected chi connectivity index (χ1v) is 7.41. The molecule has 2 heterocycles. The number of carbonyl (C=O) groups excluding carboxylic acids is 1. The van der Waals surface area contributed by atoms with E-state index in [2.05, 4.69) is 15.4 Å². The lowest BCUT2D eigenvalue weighted by molar-refractivity contribution is 0.0945. The van der Waals surface area contributed by atoms with Crippen molar-refractivity contribution in [3.8, 4) is 11.6 Å². The Morgan fingerprint density at radius 1 is 1.39 bits per heavy atom. The molecule has 0 spiro atoms. The molecule has 0 saturated heterocycles. The molecule has 2 rings (SSSR count). The zero-order valence-corrected chi connectivity index (χ0v) is 13.8. The van der Waals surface area contributed by atoms with Crippen molar-refractivity contribution in [2.75, 3.05) is 27.2 Å². The van der Waals surface area contributed by atoms with Crippen LogP contribution in [0.3, 0.4) is 0 Å². The maximum absolute atomic E-state index is 12.1. The lowest BCUT2D eigenvalue weighted by Crippen LogP contribution is -2.31.